The Balaban J connectivity index is 2.36. The lowest BCUT2D eigenvalue weighted by Gasteiger charge is -2.14. The van der Waals surface area contributed by atoms with Crippen molar-refractivity contribution in [3.05, 3.63) is 29.3 Å². The van der Waals surface area contributed by atoms with Gasteiger partial charge in [-0.3, -0.25) is 14.4 Å². The summed E-state index contributed by atoms with van der Waals surface area (Å²) in [6.45, 7) is 0.125. The molecular weight excluding hydrogens is 308 g/mol. The summed E-state index contributed by atoms with van der Waals surface area (Å²) >= 11 is 5.95. The topological polar surface area (TPSA) is 91.7 Å². The Labute approximate surface area is 134 Å². The molecule has 0 bridgehead atoms. The van der Waals surface area contributed by atoms with Gasteiger partial charge < -0.3 is 20.9 Å². The molecule has 0 spiro atoms. The highest BCUT2D eigenvalue weighted by atomic mass is 35.5. The van der Waals surface area contributed by atoms with E-state index in [4.69, 9.17) is 11.6 Å². The van der Waals surface area contributed by atoms with Crippen LogP contribution in [0.2, 0.25) is 5.02 Å². The molecule has 0 aliphatic heterocycles. The molecule has 7 nitrogen and oxygen atoms in total. The molecular formula is C14H20ClN4O3+. The standard InChI is InChI=1S/C14H19ClN4O3/c1-16-12(20)7-17-13(21)8-19(2)9-14(22)18-11-6-4-3-5-10(11)15/h3-6H,7-9H2,1-2H3,(H,16,20)(H,17,21)(H,18,22)/p+1. The number of likely N-dealkylation sites (N-methyl/N-ethyl adjacent to an activating group) is 2. The van der Waals surface area contributed by atoms with Crippen LogP contribution in [0.15, 0.2) is 24.3 Å². The van der Waals surface area contributed by atoms with Gasteiger partial charge in [0, 0.05) is 7.05 Å². The molecule has 3 amide bonds. The van der Waals surface area contributed by atoms with E-state index in [1.54, 1.807) is 31.3 Å². The quantitative estimate of drug-likeness (QED) is 0.499. The molecule has 0 radical (unpaired) electrons. The van der Waals surface area contributed by atoms with Crippen molar-refractivity contribution in [2.75, 3.05) is 39.0 Å². The van der Waals surface area contributed by atoms with Crippen LogP contribution < -0.4 is 20.9 Å². The molecule has 1 atom stereocenters. The van der Waals surface area contributed by atoms with Crippen molar-refractivity contribution in [3.63, 3.8) is 0 Å². The average Bonchev–Trinajstić information content (AvgIpc) is 2.46. The molecule has 0 heterocycles. The number of rotatable bonds is 7. The van der Waals surface area contributed by atoms with Gasteiger partial charge in [-0.05, 0) is 12.1 Å². The summed E-state index contributed by atoms with van der Waals surface area (Å²) in [4.78, 5) is 35.2. The molecule has 1 rings (SSSR count). The van der Waals surface area contributed by atoms with Crippen LogP contribution in [-0.2, 0) is 14.4 Å². The largest absolute Gasteiger partial charge is 0.358 e. The van der Waals surface area contributed by atoms with Crippen molar-refractivity contribution in [2.45, 2.75) is 0 Å². The van der Waals surface area contributed by atoms with Gasteiger partial charge in [0.2, 0.25) is 5.91 Å². The van der Waals surface area contributed by atoms with Crippen molar-refractivity contribution in [1.82, 2.24) is 10.6 Å². The van der Waals surface area contributed by atoms with Crippen LogP contribution in [0.1, 0.15) is 0 Å². The zero-order valence-electron chi connectivity index (χ0n) is 12.5. The van der Waals surface area contributed by atoms with E-state index in [1.807, 2.05) is 0 Å². The number of para-hydroxylation sites is 1. The van der Waals surface area contributed by atoms with Gasteiger partial charge in [0.15, 0.2) is 13.1 Å². The van der Waals surface area contributed by atoms with Crippen molar-refractivity contribution in [2.24, 2.45) is 0 Å². The fourth-order valence-electron chi connectivity index (χ4n) is 1.70. The summed E-state index contributed by atoms with van der Waals surface area (Å²) in [6, 6.07) is 6.92. The first-order chi connectivity index (χ1) is 10.4. The zero-order valence-corrected chi connectivity index (χ0v) is 13.3. The monoisotopic (exact) mass is 327 g/mol. The van der Waals surface area contributed by atoms with E-state index < -0.39 is 0 Å². The summed E-state index contributed by atoms with van der Waals surface area (Å²) in [6.07, 6.45) is 0. The van der Waals surface area contributed by atoms with Crippen LogP contribution in [-0.4, -0.2) is 51.5 Å². The van der Waals surface area contributed by atoms with Crippen LogP contribution in [0.25, 0.3) is 0 Å². The summed E-state index contributed by atoms with van der Waals surface area (Å²) in [5.74, 6) is -0.821. The first-order valence-corrected chi connectivity index (χ1v) is 7.13. The van der Waals surface area contributed by atoms with Gasteiger partial charge in [-0.15, -0.1) is 0 Å². The number of benzene rings is 1. The Morgan fingerprint density at radius 2 is 1.73 bits per heavy atom. The van der Waals surface area contributed by atoms with Crippen molar-refractivity contribution >= 4 is 35.0 Å². The van der Waals surface area contributed by atoms with E-state index >= 15 is 0 Å². The molecule has 1 aromatic carbocycles. The predicted molar refractivity (Wildman–Crippen MR) is 83.8 cm³/mol. The molecule has 0 aromatic heterocycles. The molecule has 0 aliphatic carbocycles. The number of halogens is 1. The predicted octanol–water partition coefficient (Wildman–Crippen LogP) is -1.34. The molecule has 4 N–H and O–H groups in total. The number of nitrogens with one attached hydrogen (secondary N) is 4. The SMILES string of the molecule is CNC(=O)CNC(=O)C[NH+](C)CC(=O)Nc1ccccc1Cl. The molecule has 8 heteroatoms. The highest BCUT2D eigenvalue weighted by Gasteiger charge is 2.15. The normalized spacial score (nSPS) is 11.4. The Morgan fingerprint density at radius 3 is 2.36 bits per heavy atom. The smallest absolute Gasteiger partial charge is 0.279 e. The highest BCUT2D eigenvalue weighted by Crippen LogP contribution is 2.19. The number of carbonyl (C=O) groups is 3. The summed E-state index contributed by atoms with van der Waals surface area (Å²) in [7, 11) is 3.20. The van der Waals surface area contributed by atoms with Gasteiger partial charge in [-0.1, -0.05) is 23.7 Å². The summed E-state index contributed by atoms with van der Waals surface area (Å²) < 4.78 is 0. The van der Waals surface area contributed by atoms with Gasteiger partial charge in [-0.25, -0.2) is 0 Å². The van der Waals surface area contributed by atoms with E-state index in [0.29, 0.717) is 15.6 Å². The highest BCUT2D eigenvalue weighted by molar-refractivity contribution is 6.33. The second-order valence-electron chi connectivity index (χ2n) is 4.79. The number of amides is 3. The molecule has 1 aromatic rings. The lowest BCUT2D eigenvalue weighted by molar-refractivity contribution is -0.862. The maximum Gasteiger partial charge on any atom is 0.279 e. The second kappa shape index (κ2) is 9.01. The summed E-state index contributed by atoms with van der Waals surface area (Å²) in [5, 5.41) is 8.01. The number of hydrogen-bond acceptors (Lipinski definition) is 3. The maximum atomic E-state index is 11.9. The molecule has 0 fully saturated rings. The Bertz CT molecular complexity index is 551. The first-order valence-electron chi connectivity index (χ1n) is 6.75. The van der Waals surface area contributed by atoms with Crippen LogP contribution in [0.4, 0.5) is 5.69 Å². The number of anilines is 1. The lowest BCUT2D eigenvalue weighted by Crippen LogP contribution is -3.11. The van der Waals surface area contributed by atoms with Crippen molar-refractivity contribution < 1.29 is 19.3 Å². The Kier molecular flexibility index (Phi) is 7.34. The van der Waals surface area contributed by atoms with Gasteiger partial charge >= 0.3 is 0 Å². The molecule has 22 heavy (non-hydrogen) atoms. The van der Waals surface area contributed by atoms with Gasteiger partial charge in [-0.2, -0.15) is 0 Å². The minimum absolute atomic E-state index is 0.0750. The van der Waals surface area contributed by atoms with Crippen LogP contribution >= 0.6 is 11.6 Å². The minimum Gasteiger partial charge on any atom is -0.358 e. The molecule has 0 aliphatic rings. The van der Waals surface area contributed by atoms with Crippen molar-refractivity contribution in [3.8, 4) is 0 Å². The van der Waals surface area contributed by atoms with E-state index in [9.17, 15) is 14.4 Å². The zero-order chi connectivity index (χ0) is 16.5. The third-order valence-electron chi connectivity index (χ3n) is 2.80. The van der Waals surface area contributed by atoms with Crippen LogP contribution in [0, 0.1) is 0 Å². The maximum absolute atomic E-state index is 11.9. The number of carbonyl (C=O) groups excluding carboxylic acids is 3. The van der Waals surface area contributed by atoms with E-state index in [0.717, 1.165) is 0 Å². The van der Waals surface area contributed by atoms with Gasteiger partial charge in [0.05, 0.1) is 24.3 Å². The molecule has 0 saturated heterocycles. The van der Waals surface area contributed by atoms with Gasteiger partial charge in [0.25, 0.3) is 11.8 Å². The minimum atomic E-state index is -0.299. The van der Waals surface area contributed by atoms with E-state index in [2.05, 4.69) is 16.0 Å². The second-order valence-corrected chi connectivity index (χ2v) is 5.20. The van der Waals surface area contributed by atoms with Gasteiger partial charge in [0.1, 0.15) is 0 Å². The fraction of sp³-hybridized carbons (Fsp3) is 0.357. The third-order valence-corrected chi connectivity index (χ3v) is 3.13. The Morgan fingerprint density at radius 1 is 1.09 bits per heavy atom. The molecule has 0 saturated carbocycles. The van der Waals surface area contributed by atoms with Crippen LogP contribution in [0.3, 0.4) is 0 Å². The molecule has 120 valence electrons. The van der Waals surface area contributed by atoms with Crippen molar-refractivity contribution in [1.29, 1.82) is 0 Å². The first kappa shape index (κ1) is 17.9. The van der Waals surface area contributed by atoms with E-state index in [1.165, 1.54) is 7.05 Å². The molecule has 1 unspecified atom stereocenters. The lowest BCUT2D eigenvalue weighted by atomic mass is 10.3. The van der Waals surface area contributed by atoms with Crippen LogP contribution in [0.5, 0.6) is 0 Å². The fourth-order valence-corrected chi connectivity index (χ4v) is 1.88. The summed E-state index contributed by atoms with van der Waals surface area (Å²) in [5.41, 5.74) is 0.533. The Hall–Kier alpha value is -2.12. The number of hydrogen-bond donors (Lipinski definition) is 4. The van der Waals surface area contributed by atoms with E-state index in [-0.39, 0.29) is 37.4 Å². The average molecular weight is 328 g/mol. The number of quaternary nitrogens is 1. The third kappa shape index (κ3) is 6.55.